The predicted molar refractivity (Wildman–Crippen MR) is 112 cm³/mol. The first-order valence-corrected chi connectivity index (χ1v) is 10.6. The van der Waals surface area contributed by atoms with Gasteiger partial charge in [0.2, 0.25) is 0 Å². The molecule has 0 aliphatic rings. The van der Waals surface area contributed by atoms with Crippen molar-refractivity contribution < 1.29 is 18.3 Å². The van der Waals surface area contributed by atoms with Gasteiger partial charge in [0.25, 0.3) is 15.9 Å². The molecule has 2 N–H and O–H groups in total. The summed E-state index contributed by atoms with van der Waals surface area (Å²) >= 11 is 0. The molecule has 3 aromatic carbocycles. The lowest BCUT2D eigenvalue weighted by atomic mass is 10.1. The number of benzene rings is 3. The minimum Gasteiger partial charge on any atom is -0.395 e. The van der Waals surface area contributed by atoms with E-state index in [4.69, 9.17) is 5.11 Å². The highest BCUT2D eigenvalue weighted by atomic mass is 32.2. The Morgan fingerprint density at radius 2 is 1.55 bits per heavy atom. The van der Waals surface area contributed by atoms with Crippen LogP contribution >= 0.6 is 0 Å². The molecule has 0 fully saturated rings. The third-order valence-corrected chi connectivity index (χ3v) is 6.08. The van der Waals surface area contributed by atoms with E-state index in [-0.39, 0.29) is 30.5 Å². The van der Waals surface area contributed by atoms with Crippen molar-refractivity contribution >= 4 is 21.6 Å². The Balaban J connectivity index is 2.03. The van der Waals surface area contributed by atoms with Crippen LogP contribution in [0, 0.1) is 0 Å². The van der Waals surface area contributed by atoms with Gasteiger partial charge in [0.15, 0.2) is 0 Å². The number of hydrogen-bond acceptors (Lipinski definition) is 4. The van der Waals surface area contributed by atoms with Crippen molar-refractivity contribution in [1.29, 1.82) is 0 Å². The summed E-state index contributed by atoms with van der Waals surface area (Å²) in [5.41, 5.74) is 1.52. The van der Waals surface area contributed by atoms with Crippen molar-refractivity contribution in [3.8, 4) is 0 Å². The Labute approximate surface area is 170 Å². The lowest BCUT2D eigenvalue weighted by Crippen LogP contribution is -2.31. The third kappa shape index (κ3) is 5.01. The van der Waals surface area contributed by atoms with Gasteiger partial charge in [0.05, 0.1) is 23.7 Å². The number of anilines is 1. The predicted octanol–water partition coefficient (Wildman–Crippen LogP) is 2.80. The summed E-state index contributed by atoms with van der Waals surface area (Å²) in [6, 6.07) is 23.9. The fourth-order valence-corrected chi connectivity index (χ4v) is 4.32. The summed E-state index contributed by atoms with van der Waals surface area (Å²) in [6.45, 7) is 0.0762. The molecule has 3 aromatic rings. The lowest BCUT2D eigenvalue weighted by molar-refractivity contribution is 0.0945. The zero-order valence-corrected chi connectivity index (χ0v) is 16.5. The van der Waals surface area contributed by atoms with Crippen molar-refractivity contribution in [1.82, 2.24) is 5.32 Å². The Bertz CT molecular complexity index is 1050. The smallest absolute Gasteiger partial charge is 0.264 e. The summed E-state index contributed by atoms with van der Waals surface area (Å²) in [7, 11) is -3.85. The van der Waals surface area contributed by atoms with Crippen molar-refractivity contribution in [3.05, 3.63) is 96.1 Å². The molecule has 0 aliphatic heterocycles. The van der Waals surface area contributed by atoms with Gasteiger partial charge in [-0.1, -0.05) is 54.6 Å². The first kappa shape index (κ1) is 20.6. The van der Waals surface area contributed by atoms with Gasteiger partial charge in [-0.15, -0.1) is 0 Å². The standard InChI is InChI=1S/C22H22N2O4S/c25-15-14-23-22(26)19-10-7-11-20(16-19)24(17-18-8-3-1-4-9-18)29(27,28)21-12-5-2-6-13-21/h1-13,16,25H,14-15,17H2,(H,23,26). The highest BCUT2D eigenvalue weighted by Crippen LogP contribution is 2.26. The maximum atomic E-state index is 13.4. The first-order chi connectivity index (χ1) is 14.0. The maximum Gasteiger partial charge on any atom is 0.264 e. The summed E-state index contributed by atoms with van der Waals surface area (Å²) in [4.78, 5) is 12.4. The molecule has 1 amide bonds. The Hall–Kier alpha value is -3.16. The molecule has 0 spiro atoms. The summed E-state index contributed by atoms with van der Waals surface area (Å²) in [5.74, 6) is -0.377. The van der Waals surface area contributed by atoms with Gasteiger partial charge in [-0.05, 0) is 35.9 Å². The summed E-state index contributed by atoms with van der Waals surface area (Å²) < 4.78 is 28.1. The normalized spacial score (nSPS) is 11.1. The second kappa shape index (κ2) is 9.36. The van der Waals surface area contributed by atoms with Crippen LogP contribution in [0.4, 0.5) is 5.69 Å². The van der Waals surface area contributed by atoms with Gasteiger partial charge in [-0.3, -0.25) is 9.10 Å². The lowest BCUT2D eigenvalue weighted by Gasteiger charge is -2.25. The molecule has 0 aliphatic carbocycles. The molecular weight excluding hydrogens is 388 g/mol. The molecule has 0 atom stereocenters. The van der Waals surface area contributed by atoms with Gasteiger partial charge in [0.1, 0.15) is 0 Å². The SMILES string of the molecule is O=C(NCCO)c1cccc(N(Cc2ccccc2)S(=O)(=O)c2ccccc2)c1. The van der Waals surface area contributed by atoms with Crippen molar-refractivity contribution in [3.63, 3.8) is 0 Å². The van der Waals surface area contributed by atoms with Crippen LogP contribution in [-0.4, -0.2) is 32.6 Å². The number of carbonyl (C=O) groups is 1. The fraction of sp³-hybridized carbons (Fsp3) is 0.136. The maximum absolute atomic E-state index is 13.4. The topological polar surface area (TPSA) is 86.7 Å². The molecule has 0 heterocycles. The monoisotopic (exact) mass is 410 g/mol. The molecule has 0 aromatic heterocycles. The van der Waals surface area contributed by atoms with Crippen LogP contribution in [-0.2, 0) is 16.6 Å². The molecule has 7 heteroatoms. The van der Waals surface area contributed by atoms with E-state index in [0.29, 0.717) is 11.3 Å². The Morgan fingerprint density at radius 1 is 0.897 bits per heavy atom. The van der Waals surface area contributed by atoms with E-state index >= 15 is 0 Å². The molecule has 0 unspecified atom stereocenters. The van der Waals surface area contributed by atoms with Crippen LogP contribution in [0.1, 0.15) is 15.9 Å². The highest BCUT2D eigenvalue weighted by molar-refractivity contribution is 7.92. The van der Waals surface area contributed by atoms with E-state index in [9.17, 15) is 13.2 Å². The van der Waals surface area contributed by atoms with Gasteiger partial charge < -0.3 is 10.4 Å². The van der Waals surface area contributed by atoms with E-state index in [1.54, 1.807) is 48.5 Å². The quantitative estimate of drug-likeness (QED) is 0.598. The Morgan fingerprint density at radius 3 is 2.21 bits per heavy atom. The number of carbonyl (C=O) groups excluding carboxylic acids is 1. The largest absolute Gasteiger partial charge is 0.395 e. The second-order valence-corrected chi connectivity index (χ2v) is 8.20. The highest BCUT2D eigenvalue weighted by Gasteiger charge is 2.25. The van der Waals surface area contributed by atoms with Crippen molar-refractivity contribution in [2.24, 2.45) is 0 Å². The number of sulfonamides is 1. The fourth-order valence-electron chi connectivity index (χ4n) is 2.86. The molecular formula is C22H22N2O4S. The summed E-state index contributed by atoms with van der Waals surface area (Å²) in [5, 5.41) is 11.5. The zero-order chi connectivity index (χ0) is 20.7. The van der Waals surface area contributed by atoms with Gasteiger partial charge in [0, 0.05) is 12.1 Å². The van der Waals surface area contributed by atoms with Gasteiger partial charge in [-0.25, -0.2) is 8.42 Å². The van der Waals surface area contributed by atoms with Crippen LogP contribution in [0.3, 0.4) is 0 Å². The number of aliphatic hydroxyl groups excluding tert-OH is 1. The number of amides is 1. The molecule has 0 saturated carbocycles. The summed E-state index contributed by atoms with van der Waals surface area (Å²) in [6.07, 6.45) is 0. The van der Waals surface area contributed by atoms with E-state index in [2.05, 4.69) is 5.32 Å². The van der Waals surface area contributed by atoms with Gasteiger partial charge >= 0.3 is 0 Å². The van der Waals surface area contributed by atoms with Crippen molar-refractivity contribution in [2.75, 3.05) is 17.5 Å². The number of hydrogen-bond donors (Lipinski definition) is 2. The molecule has 0 radical (unpaired) electrons. The number of rotatable bonds is 8. The molecule has 29 heavy (non-hydrogen) atoms. The first-order valence-electron chi connectivity index (χ1n) is 9.13. The van der Waals surface area contributed by atoms with E-state index in [1.807, 2.05) is 30.3 Å². The van der Waals surface area contributed by atoms with Crippen LogP contribution in [0.2, 0.25) is 0 Å². The minimum absolute atomic E-state index is 0.124. The third-order valence-electron chi connectivity index (χ3n) is 4.29. The number of aliphatic hydroxyl groups is 1. The van der Waals surface area contributed by atoms with E-state index < -0.39 is 10.0 Å². The van der Waals surface area contributed by atoms with Crippen LogP contribution in [0.15, 0.2) is 89.8 Å². The van der Waals surface area contributed by atoms with Gasteiger partial charge in [-0.2, -0.15) is 0 Å². The molecule has 0 bridgehead atoms. The van der Waals surface area contributed by atoms with Crippen LogP contribution in [0.25, 0.3) is 0 Å². The van der Waals surface area contributed by atoms with Crippen molar-refractivity contribution in [2.45, 2.75) is 11.4 Å². The van der Waals surface area contributed by atoms with E-state index in [0.717, 1.165) is 5.56 Å². The molecule has 0 saturated heterocycles. The zero-order valence-electron chi connectivity index (χ0n) is 15.7. The number of nitrogens with one attached hydrogen (secondary N) is 1. The molecule has 150 valence electrons. The molecule has 6 nitrogen and oxygen atoms in total. The molecule has 3 rings (SSSR count). The minimum atomic E-state index is -3.85. The Kier molecular flexibility index (Phi) is 6.64. The number of nitrogens with zero attached hydrogens (tertiary/aromatic N) is 1. The van der Waals surface area contributed by atoms with Crippen LogP contribution in [0.5, 0.6) is 0 Å². The second-order valence-electron chi connectivity index (χ2n) is 6.34. The average Bonchev–Trinajstić information content (AvgIpc) is 2.77. The average molecular weight is 410 g/mol. The van der Waals surface area contributed by atoms with E-state index in [1.165, 1.54) is 10.4 Å². The van der Waals surface area contributed by atoms with Crippen LogP contribution < -0.4 is 9.62 Å².